The molecule has 0 aliphatic carbocycles. The fourth-order valence-corrected chi connectivity index (χ4v) is 2.65. The number of aryl methyl sites for hydroxylation is 3. The number of pyridine rings is 1. The Labute approximate surface area is 167 Å². The number of nitrogens with zero attached hydrogens (tertiary/aromatic N) is 1. The topological polar surface area (TPSA) is 31.4 Å². The second kappa shape index (κ2) is 10.2. The highest BCUT2D eigenvalue weighted by Crippen LogP contribution is 2.12. The van der Waals surface area contributed by atoms with Crippen LogP contribution in [0.1, 0.15) is 28.9 Å². The van der Waals surface area contributed by atoms with Gasteiger partial charge in [0.2, 0.25) is 0 Å². The lowest BCUT2D eigenvalue weighted by molar-refractivity contribution is 0.310. The summed E-state index contributed by atoms with van der Waals surface area (Å²) in [6, 6.07) is 22.0. The van der Waals surface area contributed by atoms with Crippen molar-refractivity contribution in [2.24, 2.45) is 0 Å². The first-order valence-corrected chi connectivity index (χ1v) is 9.53. The molecule has 3 nitrogen and oxygen atoms in total. The first kappa shape index (κ1) is 19.5. The van der Waals surface area contributed by atoms with E-state index in [9.17, 15) is 0 Å². The quantitative estimate of drug-likeness (QED) is 0.426. The average molecular weight is 371 g/mol. The van der Waals surface area contributed by atoms with E-state index in [0.29, 0.717) is 13.2 Å². The fourth-order valence-electron chi connectivity index (χ4n) is 2.65. The van der Waals surface area contributed by atoms with E-state index < -0.39 is 0 Å². The van der Waals surface area contributed by atoms with Crippen molar-refractivity contribution >= 4 is 0 Å². The molecule has 1 aromatic heterocycles. The largest absolute Gasteiger partial charge is 0.494 e. The summed E-state index contributed by atoms with van der Waals surface area (Å²) in [6.45, 7) is 5.14. The smallest absolute Gasteiger partial charge is 0.149 e. The number of rotatable bonds is 7. The Kier molecular flexibility index (Phi) is 7.09. The van der Waals surface area contributed by atoms with Crippen LogP contribution in [0.25, 0.3) is 0 Å². The molecule has 28 heavy (non-hydrogen) atoms. The Hall–Kier alpha value is -3.25. The van der Waals surface area contributed by atoms with Crippen molar-refractivity contribution in [2.45, 2.75) is 26.7 Å². The predicted molar refractivity (Wildman–Crippen MR) is 113 cm³/mol. The van der Waals surface area contributed by atoms with E-state index in [1.54, 1.807) is 0 Å². The van der Waals surface area contributed by atoms with Gasteiger partial charge in [-0.2, -0.15) is 0 Å². The Morgan fingerprint density at radius 1 is 0.786 bits per heavy atom. The maximum atomic E-state index is 5.77. The molecular formula is C25H25NO2. The molecule has 142 valence electrons. The standard InChI is InChI=1S/C25H25NO2/c1-20-10-14-24(15-11-20)27-18-4-8-22-6-3-7-23(26-22)9-5-19-28-25-16-12-21(2)13-17-25/h3,6-7,10-17H,4,8,18-19H2,1-2H3. The zero-order chi connectivity index (χ0) is 19.6. The van der Waals surface area contributed by atoms with Gasteiger partial charge < -0.3 is 9.47 Å². The van der Waals surface area contributed by atoms with Crippen molar-refractivity contribution in [3.63, 3.8) is 0 Å². The summed E-state index contributed by atoms with van der Waals surface area (Å²) in [4.78, 5) is 4.60. The predicted octanol–water partition coefficient (Wildman–Crippen LogP) is 5.14. The molecule has 0 spiro atoms. The van der Waals surface area contributed by atoms with Crippen LogP contribution in [-0.2, 0) is 6.42 Å². The minimum absolute atomic E-state index is 0.347. The van der Waals surface area contributed by atoms with Crippen LogP contribution in [0, 0.1) is 25.7 Å². The number of aromatic nitrogens is 1. The molecule has 0 N–H and O–H groups in total. The molecule has 3 rings (SSSR count). The van der Waals surface area contributed by atoms with E-state index >= 15 is 0 Å². The monoisotopic (exact) mass is 371 g/mol. The Morgan fingerprint density at radius 2 is 1.43 bits per heavy atom. The van der Waals surface area contributed by atoms with Crippen molar-refractivity contribution in [3.05, 3.63) is 89.2 Å². The van der Waals surface area contributed by atoms with E-state index in [-0.39, 0.29) is 0 Å². The van der Waals surface area contributed by atoms with Gasteiger partial charge in [0, 0.05) is 5.69 Å². The molecule has 0 bridgehead atoms. The molecule has 0 saturated heterocycles. The zero-order valence-electron chi connectivity index (χ0n) is 16.4. The Morgan fingerprint density at radius 3 is 2.11 bits per heavy atom. The minimum Gasteiger partial charge on any atom is -0.494 e. The van der Waals surface area contributed by atoms with Gasteiger partial charge in [0.05, 0.1) is 6.61 Å². The molecule has 0 saturated carbocycles. The van der Waals surface area contributed by atoms with E-state index in [4.69, 9.17) is 9.47 Å². The van der Waals surface area contributed by atoms with Crippen molar-refractivity contribution in [1.82, 2.24) is 4.98 Å². The lowest BCUT2D eigenvalue weighted by Crippen LogP contribution is -2.01. The third kappa shape index (κ3) is 6.48. The third-order valence-corrected chi connectivity index (χ3v) is 4.22. The van der Waals surface area contributed by atoms with Crippen LogP contribution in [0.2, 0.25) is 0 Å². The van der Waals surface area contributed by atoms with E-state index in [1.165, 1.54) is 11.1 Å². The molecule has 0 fully saturated rings. The summed E-state index contributed by atoms with van der Waals surface area (Å²) >= 11 is 0. The second-order valence-electron chi connectivity index (χ2n) is 6.68. The summed E-state index contributed by atoms with van der Waals surface area (Å²) in [5.74, 6) is 7.83. The van der Waals surface area contributed by atoms with Gasteiger partial charge in [-0.1, -0.05) is 47.4 Å². The molecule has 0 aliphatic rings. The lowest BCUT2D eigenvalue weighted by atomic mass is 10.2. The average Bonchev–Trinajstić information content (AvgIpc) is 2.72. The van der Waals surface area contributed by atoms with E-state index in [2.05, 4.69) is 42.8 Å². The SMILES string of the molecule is Cc1ccc(OCC#Cc2cccc(CCCOc3ccc(C)cc3)n2)cc1. The minimum atomic E-state index is 0.347. The molecule has 0 atom stereocenters. The Balaban J connectivity index is 1.43. The van der Waals surface area contributed by atoms with Gasteiger partial charge in [-0.05, 0) is 69.0 Å². The van der Waals surface area contributed by atoms with Crippen LogP contribution in [0.5, 0.6) is 11.5 Å². The van der Waals surface area contributed by atoms with Crippen LogP contribution in [0.4, 0.5) is 0 Å². The van der Waals surface area contributed by atoms with Crippen molar-refractivity contribution < 1.29 is 9.47 Å². The zero-order valence-corrected chi connectivity index (χ0v) is 16.4. The summed E-state index contributed by atoms with van der Waals surface area (Å²) < 4.78 is 11.4. The van der Waals surface area contributed by atoms with Gasteiger partial charge in [-0.3, -0.25) is 0 Å². The molecule has 0 amide bonds. The van der Waals surface area contributed by atoms with Crippen molar-refractivity contribution in [3.8, 4) is 23.3 Å². The van der Waals surface area contributed by atoms with Gasteiger partial charge in [-0.15, -0.1) is 0 Å². The molecule has 3 heteroatoms. The molecule has 0 unspecified atom stereocenters. The van der Waals surface area contributed by atoms with Crippen LogP contribution >= 0.6 is 0 Å². The summed E-state index contributed by atoms with van der Waals surface area (Å²) in [7, 11) is 0. The molecule has 1 heterocycles. The van der Waals surface area contributed by atoms with E-state index in [1.807, 2.05) is 54.6 Å². The third-order valence-electron chi connectivity index (χ3n) is 4.22. The van der Waals surface area contributed by atoms with Gasteiger partial charge in [0.1, 0.15) is 23.8 Å². The summed E-state index contributed by atoms with van der Waals surface area (Å²) in [5, 5.41) is 0. The summed E-state index contributed by atoms with van der Waals surface area (Å²) in [5.41, 5.74) is 4.24. The highest BCUT2D eigenvalue weighted by molar-refractivity contribution is 5.30. The van der Waals surface area contributed by atoms with Crippen LogP contribution in [0.15, 0.2) is 66.7 Å². The fraction of sp³-hybridized carbons (Fsp3) is 0.240. The number of benzene rings is 2. The molecule has 2 aromatic carbocycles. The van der Waals surface area contributed by atoms with Crippen molar-refractivity contribution in [2.75, 3.05) is 13.2 Å². The molecule has 0 radical (unpaired) electrons. The first-order valence-electron chi connectivity index (χ1n) is 9.53. The van der Waals surface area contributed by atoms with Crippen LogP contribution in [-0.4, -0.2) is 18.2 Å². The number of ether oxygens (including phenoxy) is 2. The maximum absolute atomic E-state index is 5.77. The van der Waals surface area contributed by atoms with Gasteiger partial charge in [0.25, 0.3) is 0 Å². The van der Waals surface area contributed by atoms with Gasteiger partial charge >= 0.3 is 0 Å². The normalized spacial score (nSPS) is 10.1. The van der Waals surface area contributed by atoms with Crippen LogP contribution < -0.4 is 9.47 Å². The van der Waals surface area contributed by atoms with Gasteiger partial charge in [0.15, 0.2) is 0 Å². The highest BCUT2D eigenvalue weighted by Gasteiger charge is 1.98. The van der Waals surface area contributed by atoms with Crippen molar-refractivity contribution in [1.29, 1.82) is 0 Å². The molecule has 0 aliphatic heterocycles. The van der Waals surface area contributed by atoms with E-state index in [0.717, 1.165) is 35.7 Å². The highest BCUT2D eigenvalue weighted by atomic mass is 16.5. The van der Waals surface area contributed by atoms with Gasteiger partial charge in [-0.25, -0.2) is 4.98 Å². The maximum Gasteiger partial charge on any atom is 0.149 e. The first-order chi connectivity index (χ1) is 13.7. The van der Waals surface area contributed by atoms with Crippen LogP contribution in [0.3, 0.4) is 0 Å². The lowest BCUT2D eigenvalue weighted by Gasteiger charge is -2.06. The molecular weight excluding hydrogens is 346 g/mol. The number of hydrogen-bond acceptors (Lipinski definition) is 3. The second-order valence-corrected chi connectivity index (χ2v) is 6.68. The molecule has 3 aromatic rings. The summed E-state index contributed by atoms with van der Waals surface area (Å²) in [6.07, 6.45) is 1.77. The Bertz CT molecular complexity index is 935. The number of hydrogen-bond donors (Lipinski definition) is 0.